The van der Waals surface area contributed by atoms with E-state index in [0.29, 0.717) is 11.1 Å². The number of phenols is 1. The quantitative estimate of drug-likeness (QED) is 0.601. The number of ether oxygens (including phenoxy) is 3. The Morgan fingerprint density at radius 1 is 1.24 bits per heavy atom. The normalized spacial score (nSPS) is 10.4. The molecule has 1 rings (SSSR count). The summed E-state index contributed by atoms with van der Waals surface area (Å²) in [5.74, 6) is -1.84. The molecule has 0 saturated carbocycles. The Kier molecular flexibility index (Phi) is 5.59. The highest BCUT2D eigenvalue weighted by atomic mass is 16.5. The maximum Gasteiger partial charge on any atom is 0.328 e. The molecule has 0 bridgehead atoms. The van der Waals surface area contributed by atoms with Crippen LogP contribution in [0.1, 0.15) is 11.1 Å². The molecule has 0 heterocycles. The predicted octanol–water partition coefficient (Wildman–Crippen LogP) is 1.22. The van der Waals surface area contributed by atoms with Gasteiger partial charge in [-0.1, -0.05) is 0 Å². The predicted molar refractivity (Wildman–Crippen MR) is 73.6 cm³/mol. The monoisotopic (exact) mass is 296 g/mol. The minimum absolute atomic E-state index is 0.0322. The molecule has 0 unspecified atom stereocenters. The van der Waals surface area contributed by atoms with Crippen LogP contribution in [0.4, 0.5) is 0 Å². The van der Waals surface area contributed by atoms with Crippen LogP contribution in [0, 0.1) is 0 Å². The molecule has 21 heavy (non-hydrogen) atoms. The summed E-state index contributed by atoms with van der Waals surface area (Å²) in [4.78, 5) is 22.1. The third-order valence-electron chi connectivity index (χ3n) is 2.74. The van der Waals surface area contributed by atoms with Gasteiger partial charge < -0.3 is 24.4 Å². The lowest BCUT2D eigenvalue weighted by Gasteiger charge is -2.15. The molecule has 1 aromatic rings. The lowest BCUT2D eigenvalue weighted by molar-refractivity contribution is -0.139. The molecule has 114 valence electrons. The van der Waals surface area contributed by atoms with E-state index < -0.39 is 11.9 Å². The number of phenolic OH excluding ortho intramolecular Hbond substituents is 1. The molecule has 0 spiro atoms. The van der Waals surface area contributed by atoms with Gasteiger partial charge in [0.15, 0.2) is 11.5 Å². The Morgan fingerprint density at radius 3 is 2.38 bits per heavy atom. The SMILES string of the molecule is COC(=O)Cc1c(/C=C/C(=O)O)cc(OC)c(O)c1OC. The minimum atomic E-state index is -1.15. The number of benzene rings is 1. The van der Waals surface area contributed by atoms with Gasteiger partial charge in [-0.3, -0.25) is 4.79 Å². The van der Waals surface area contributed by atoms with Crippen LogP contribution in [-0.4, -0.2) is 43.5 Å². The smallest absolute Gasteiger partial charge is 0.328 e. The van der Waals surface area contributed by atoms with Gasteiger partial charge in [0.2, 0.25) is 5.75 Å². The molecular weight excluding hydrogens is 280 g/mol. The summed E-state index contributed by atoms with van der Waals surface area (Å²) < 4.78 is 14.7. The minimum Gasteiger partial charge on any atom is -0.502 e. The first kappa shape index (κ1) is 16.4. The number of carboxylic acid groups (broad SMARTS) is 1. The van der Waals surface area contributed by atoms with Crippen molar-refractivity contribution in [2.45, 2.75) is 6.42 Å². The van der Waals surface area contributed by atoms with E-state index in [1.165, 1.54) is 33.5 Å². The maximum atomic E-state index is 11.5. The van der Waals surface area contributed by atoms with Crippen molar-refractivity contribution >= 4 is 18.0 Å². The van der Waals surface area contributed by atoms with Gasteiger partial charge >= 0.3 is 11.9 Å². The van der Waals surface area contributed by atoms with Crippen molar-refractivity contribution in [1.82, 2.24) is 0 Å². The zero-order chi connectivity index (χ0) is 16.0. The van der Waals surface area contributed by atoms with Gasteiger partial charge in [0.25, 0.3) is 0 Å². The second-order valence-electron chi connectivity index (χ2n) is 3.95. The summed E-state index contributed by atoms with van der Waals surface area (Å²) >= 11 is 0. The second kappa shape index (κ2) is 7.18. The van der Waals surface area contributed by atoms with Gasteiger partial charge in [-0.15, -0.1) is 0 Å². The average molecular weight is 296 g/mol. The van der Waals surface area contributed by atoms with E-state index in [1.54, 1.807) is 0 Å². The number of esters is 1. The molecule has 0 radical (unpaired) electrons. The van der Waals surface area contributed by atoms with Crippen molar-refractivity contribution in [3.63, 3.8) is 0 Å². The molecule has 0 saturated heterocycles. The van der Waals surface area contributed by atoms with Crippen molar-refractivity contribution in [2.24, 2.45) is 0 Å². The highest BCUT2D eigenvalue weighted by Gasteiger charge is 2.20. The molecule has 0 fully saturated rings. The number of hydrogen-bond donors (Lipinski definition) is 2. The van der Waals surface area contributed by atoms with Gasteiger partial charge in [0.1, 0.15) is 0 Å². The Morgan fingerprint density at radius 2 is 1.90 bits per heavy atom. The van der Waals surface area contributed by atoms with Crippen LogP contribution in [0.15, 0.2) is 12.1 Å². The number of aromatic hydroxyl groups is 1. The van der Waals surface area contributed by atoms with E-state index in [2.05, 4.69) is 4.74 Å². The molecule has 0 aromatic heterocycles. The fourth-order valence-electron chi connectivity index (χ4n) is 1.77. The van der Waals surface area contributed by atoms with Crippen LogP contribution in [0.3, 0.4) is 0 Å². The molecule has 7 heteroatoms. The molecular formula is C14H16O7. The summed E-state index contributed by atoms with van der Waals surface area (Å²) in [6, 6.07) is 1.41. The van der Waals surface area contributed by atoms with Crippen molar-refractivity contribution in [3.05, 3.63) is 23.3 Å². The summed E-state index contributed by atoms with van der Waals surface area (Å²) in [5, 5.41) is 18.7. The van der Waals surface area contributed by atoms with Gasteiger partial charge in [0.05, 0.1) is 27.8 Å². The molecule has 1 aromatic carbocycles. The van der Waals surface area contributed by atoms with Crippen molar-refractivity contribution in [2.75, 3.05) is 21.3 Å². The van der Waals surface area contributed by atoms with Crippen LogP contribution in [0.2, 0.25) is 0 Å². The Balaban J connectivity index is 3.49. The van der Waals surface area contributed by atoms with Crippen LogP contribution in [-0.2, 0) is 20.7 Å². The van der Waals surface area contributed by atoms with Gasteiger partial charge in [-0.2, -0.15) is 0 Å². The molecule has 7 nitrogen and oxygen atoms in total. The third-order valence-corrected chi connectivity index (χ3v) is 2.74. The van der Waals surface area contributed by atoms with Crippen molar-refractivity contribution in [1.29, 1.82) is 0 Å². The topological polar surface area (TPSA) is 102 Å². The van der Waals surface area contributed by atoms with E-state index in [0.717, 1.165) is 6.08 Å². The number of aliphatic carboxylic acids is 1. The zero-order valence-corrected chi connectivity index (χ0v) is 11.9. The molecule has 0 aliphatic carbocycles. The van der Waals surface area contributed by atoms with Gasteiger partial charge in [-0.05, 0) is 17.7 Å². The molecule has 0 aliphatic rings. The maximum absolute atomic E-state index is 11.5. The second-order valence-corrected chi connectivity index (χ2v) is 3.95. The van der Waals surface area contributed by atoms with Crippen molar-refractivity contribution in [3.8, 4) is 17.2 Å². The lowest BCUT2D eigenvalue weighted by atomic mass is 10.0. The van der Waals surface area contributed by atoms with Gasteiger partial charge in [-0.25, -0.2) is 4.79 Å². The van der Waals surface area contributed by atoms with Crippen LogP contribution in [0.25, 0.3) is 6.08 Å². The summed E-state index contributed by atoms with van der Waals surface area (Å²) in [6.07, 6.45) is 2.01. The van der Waals surface area contributed by atoms with Crippen LogP contribution >= 0.6 is 0 Å². The zero-order valence-electron chi connectivity index (χ0n) is 11.9. The van der Waals surface area contributed by atoms with E-state index in [4.69, 9.17) is 14.6 Å². The van der Waals surface area contributed by atoms with E-state index in [-0.39, 0.29) is 23.7 Å². The number of carbonyl (C=O) groups is 2. The Hall–Kier alpha value is -2.70. The average Bonchev–Trinajstić information content (AvgIpc) is 2.46. The lowest BCUT2D eigenvalue weighted by Crippen LogP contribution is -2.08. The van der Waals surface area contributed by atoms with Gasteiger partial charge in [0, 0.05) is 11.6 Å². The Bertz CT molecular complexity index is 575. The van der Waals surface area contributed by atoms with E-state index in [9.17, 15) is 14.7 Å². The first-order valence-corrected chi connectivity index (χ1v) is 5.89. The molecule has 2 N–H and O–H groups in total. The largest absolute Gasteiger partial charge is 0.502 e. The Labute approximate surface area is 121 Å². The van der Waals surface area contributed by atoms with E-state index in [1.807, 2.05) is 0 Å². The number of carbonyl (C=O) groups excluding carboxylic acids is 1. The highest BCUT2D eigenvalue weighted by Crippen LogP contribution is 2.41. The number of hydrogen-bond acceptors (Lipinski definition) is 6. The third kappa shape index (κ3) is 3.88. The first-order chi connectivity index (χ1) is 9.94. The standard InChI is InChI=1S/C14H16O7/c1-19-10-6-8(4-5-11(15)16)9(7-12(17)20-2)14(21-3)13(10)18/h4-6,18H,7H2,1-3H3,(H,15,16)/b5-4+. The summed E-state index contributed by atoms with van der Waals surface area (Å²) in [5.41, 5.74) is 0.675. The number of carboxylic acids is 1. The highest BCUT2D eigenvalue weighted by molar-refractivity contribution is 5.87. The molecule has 0 amide bonds. The fraction of sp³-hybridized carbons (Fsp3) is 0.286. The van der Waals surface area contributed by atoms with Crippen molar-refractivity contribution < 1.29 is 34.0 Å². The number of methoxy groups -OCH3 is 3. The summed E-state index contributed by atoms with van der Waals surface area (Å²) in [6.45, 7) is 0. The summed E-state index contributed by atoms with van der Waals surface area (Å²) in [7, 11) is 3.89. The van der Waals surface area contributed by atoms with Crippen LogP contribution in [0.5, 0.6) is 17.2 Å². The molecule has 0 atom stereocenters. The first-order valence-electron chi connectivity index (χ1n) is 5.89. The number of rotatable bonds is 6. The van der Waals surface area contributed by atoms with Crippen LogP contribution < -0.4 is 9.47 Å². The van der Waals surface area contributed by atoms with E-state index >= 15 is 0 Å². The fourth-order valence-corrected chi connectivity index (χ4v) is 1.77. The molecule has 0 aliphatic heterocycles.